The average molecular weight is 350 g/mol. The molecule has 4 nitrogen and oxygen atoms in total. The summed E-state index contributed by atoms with van der Waals surface area (Å²) in [5, 5.41) is 2.98. The first-order valence-corrected chi connectivity index (χ1v) is 9.53. The van der Waals surface area contributed by atoms with Gasteiger partial charge in [0, 0.05) is 16.1 Å². The molecule has 0 saturated heterocycles. The third-order valence-corrected chi connectivity index (χ3v) is 5.85. The number of rotatable bonds is 4. The lowest BCUT2D eigenvalue weighted by Gasteiger charge is -2.26. The van der Waals surface area contributed by atoms with Crippen LogP contribution in [0.1, 0.15) is 39.0 Å². The molecule has 1 amide bonds. The first kappa shape index (κ1) is 16.6. The van der Waals surface area contributed by atoms with Crippen molar-refractivity contribution in [2.75, 3.05) is 5.32 Å². The highest BCUT2D eigenvalue weighted by Crippen LogP contribution is 2.42. The Morgan fingerprint density at radius 2 is 1.95 bits per heavy atom. The fourth-order valence-corrected chi connectivity index (χ4v) is 3.87. The van der Waals surface area contributed by atoms with Crippen LogP contribution in [-0.2, 0) is 13.8 Å². The molecular weight excluding hydrogens is 333 g/mol. The maximum absolute atomic E-state index is 12.5. The van der Waals surface area contributed by atoms with Gasteiger partial charge >= 0.3 is 0 Å². The van der Waals surface area contributed by atoms with Gasteiger partial charge in [-0.05, 0) is 37.5 Å². The summed E-state index contributed by atoms with van der Waals surface area (Å²) in [6, 6.07) is 4.04. The van der Waals surface area contributed by atoms with E-state index >= 15 is 0 Å². The Labute approximate surface area is 134 Å². The summed E-state index contributed by atoms with van der Waals surface area (Å²) in [6.45, 7) is 2.01. The van der Waals surface area contributed by atoms with Crippen molar-refractivity contribution in [2.45, 2.75) is 43.9 Å². The fourth-order valence-electron chi connectivity index (χ4n) is 2.80. The van der Waals surface area contributed by atoms with Crippen molar-refractivity contribution < 1.29 is 13.2 Å². The third-order valence-electron chi connectivity index (χ3n) is 4.19. The second-order valence-electron chi connectivity index (χ2n) is 5.37. The zero-order valence-electron chi connectivity index (χ0n) is 11.7. The average Bonchev–Trinajstić information content (AvgIpc) is 2.90. The highest BCUT2D eigenvalue weighted by atomic mass is 35.7. The molecule has 1 N–H and O–H groups in total. The molecule has 1 fully saturated rings. The molecule has 0 aromatic heterocycles. The van der Waals surface area contributed by atoms with Crippen LogP contribution in [0.2, 0.25) is 5.02 Å². The van der Waals surface area contributed by atoms with Crippen molar-refractivity contribution in [3.05, 3.63) is 23.2 Å². The van der Waals surface area contributed by atoms with Crippen LogP contribution in [0.15, 0.2) is 23.1 Å². The lowest BCUT2D eigenvalue weighted by Crippen LogP contribution is -2.33. The largest absolute Gasteiger partial charge is 0.324 e. The van der Waals surface area contributed by atoms with Gasteiger partial charge in [0.25, 0.3) is 9.05 Å². The van der Waals surface area contributed by atoms with Gasteiger partial charge in [0.2, 0.25) is 5.91 Å². The minimum Gasteiger partial charge on any atom is -0.324 e. The molecule has 0 aliphatic heterocycles. The molecule has 1 aromatic rings. The number of hydrogen-bond donors (Lipinski definition) is 1. The van der Waals surface area contributed by atoms with Crippen LogP contribution in [0.3, 0.4) is 0 Å². The molecule has 1 aliphatic carbocycles. The zero-order chi connectivity index (χ0) is 15.7. The van der Waals surface area contributed by atoms with Crippen LogP contribution >= 0.6 is 22.3 Å². The molecule has 1 aromatic carbocycles. The van der Waals surface area contributed by atoms with E-state index in [0.717, 1.165) is 32.1 Å². The second-order valence-corrected chi connectivity index (χ2v) is 8.35. The maximum Gasteiger partial charge on any atom is 0.261 e. The predicted molar refractivity (Wildman–Crippen MR) is 84.3 cm³/mol. The normalized spacial score (nSPS) is 17.7. The summed E-state index contributed by atoms with van der Waals surface area (Å²) in [5.74, 6) is -0.0501. The summed E-state index contributed by atoms with van der Waals surface area (Å²) >= 11 is 6.04. The van der Waals surface area contributed by atoms with E-state index in [4.69, 9.17) is 22.3 Å². The van der Waals surface area contributed by atoms with Crippen LogP contribution in [-0.4, -0.2) is 14.3 Å². The van der Waals surface area contributed by atoms with Crippen LogP contribution in [0.25, 0.3) is 0 Å². The molecule has 0 bridgehead atoms. The maximum atomic E-state index is 12.5. The number of carbonyl (C=O) groups excluding carboxylic acids is 1. The number of anilines is 1. The zero-order valence-corrected chi connectivity index (χ0v) is 14.0. The lowest BCUT2D eigenvalue weighted by molar-refractivity contribution is -0.125. The predicted octanol–water partition coefficient (Wildman–Crippen LogP) is 4.18. The van der Waals surface area contributed by atoms with Gasteiger partial charge in [-0.3, -0.25) is 4.79 Å². The molecule has 0 unspecified atom stereocenters. The molecular formula is C14H17Cl2NO3S. The van der Waals surface area contributed by atoms with E-state index in [9.17, 15) is 13.2 Å². The summed E-state index contributed by atoms with van der Waals surface area (Å²) in [6.07, 6.45) is 4.64. The van der Waals surface area contributed by atoms with E-state index < -0.39 is 9.05 Å². The lowest BCUT2D eigenvalue weighted by atomic mass is 9.82. The van der Waals surface area contributed by atoms with Crippen molar-refractivity contribution in [1.29, 1.82) is 0 Å². The van der Waals surface area contributed by atoms with Crippen molar-refractivity contribution in [1.82, 2.24) is 0 Å². The molecule has 0 heterocycles. The van der Waals surface area contributed by atoms with Gasteiger partial charge < -0.3 is 5.32 Å². The van der Waals surface area contributed by atoms with Crippen molar-refractivity contribution in [3.8, 4) is 0 Å². The monoisotopic (exact) mass is 349 g/mol. The summed E-state index contributed by atoms with van der Waals surface area (Å²) in [5.41, 5.74) is 0.0751. The summed E-state index contributed by atoms with van der Waals surface area (Å²) < 4.78 is 22.5. The van der Waals surface area contributed by atoms with Gasteiger partial charge in [-0.1, -0.05) is 31.4 Å². The van der Waals surface area contributed by atoms with Gasteiger partial charge in [-0.2, -0.15) is 0 Å². The van der Waals surface area contributed by atoms with E-state index in [1.807, 2.05) is 6.92 Å². The van der Waals surface area contributed by atoms with Crippen molar-refractivity contribution in [3.63, 3.8) is 0 Å². The van der Waals surface area contributed by atoms with Gasteiger partial charge in [0.1, 0.15) is 0 Å². The highest BCUT2D eigenvalue weighted by molar-refractivity contribution is 8.13. The summed E-state index contributed by atoms with van der Waals surface area (Å²) in [7, 11) is 1.44. The molecule has 21 heavy (non-hydrogen) atoms. The van der Waals surface area contributed by atoms with Crippen LogP contribution in [0, 0.1) is 5.41 Å². The van der Waals surface area contributed by atoms with E-state index in [1.54, 1.807) is 0 Å². The molecule has 2 rings (SSSR count). The number of benzene rings is 1. The molecule has 1 aliphatic rings. The SMILES string of the molecule is CCC1(C(=O)Nc2ccc(S(=O)(=O)Cl)cc2Cl)CCCC1. The van der Waals surface area contributed by atoms with E-state index in [2.05, 4.69) is 5.32 Å². The number of hydrogen-bond acceptors (Lipinski definition) is 3. The Kier molecular flexibility index (Phi) is 4.85. The number of amides is 1. The minimum atomic E-state index is -3.83. The van der Waals surface area contributed by atoms with Crippen LogP contribution in [0.5, 0.6) is 0 Å². The molecule has 0 spiro atoms. The van der Waals surface area contributed by atoms with Crippen LogP contribution < -0.4 is 5.32 Å². The van der Waals surface area contributed by atoms with E-state index in [-0.39, 0.29) is 21.2 Å². The smallest absolute Gasteiger partial charge is 0.261 e. The Morgan fingerprint density at radius 3 is 2.43 bits per heavy atom. The topological polar surface area (TPSA) is 63.2 Å². The van der Waals surface area contributed by atoms with Gasteiger partial charge in [-0.25, -0.2) is 8.42 Å². The summed E-state index contributed by atoms with van der Waals surface area (Å²) in [4.78, 5) is 12.4. The highest BCUT2D eigenvalue weighted by Gasteiger charge is 2.39. The second kappa shape index (κ2) is 6.15. The first-order chi connectivity index (χ1) is 9.78. The Hall–Kier alpha value is -0.780. The third kappa shape index (κ3) is 3.52. The van der Waals surface area contributed by atoms with Gasteiger partial charge in [-0.15, -0.1) is 0 Å². The standard InChI is InChI=1S/C14H17Cl2NO3S/c1-2-14(7-3-4-8-14)13(18)17-12-6-5-10(9-11(12)15)21(16,19)20/h5-6,9H,2-4,7-8H2,1H3,(H,17,18). The number of halogens is 2. The molecule has 7 heteroatoms. The molecule has 0 radical (unpaired) electrons. The minimum absolute atomic E-state index is 0.0501. The molecule has 0 atom stereocenters. The Balaban J connectivity index is 2.22. The molecule has 1 saturated carbocycles. The van der Waals surface area contributed by atoms with Crippen molar-refractivity contribution >= 4 is 42.9 Å². The van der Waals surface area contributed by atoms with Gasteiger partial charge in [0.15, 0.2) is 0 Å². The van der Waals surface area contributed by atoms with Gasteiger partial charge in [0.05, 0.1) is 15.6 Å². The van der Waals surface area contributed by atoms with E-state index in [0.29, 0.717) is 5.69 Å². The Morgan fingerprint density at radius 1 is 1.33 bits per heavy atom. The first-order valence-electron chi connectivity index (χ1n) is 6.84. The number of carbonyl (C=O) groups is 1. The van der Waals surface area contributed by atoms with Crippen LogP contribution in [0.4, 0.5) is 5.69 Å². The van der Waals surface area contributed by atoms with E-state index in [1.165, 1.54) is 18.2 Å². The quantitative estimate of drug-likeness (QED) is 0.829. The Bertz CT molecular complexity index is 652. The number of nitrogens with one attached hydrogen (secondary N) is 1. The fraction of sp³-hybridized carbons (Fsp3) is 0.500. The molecule has 116 valence electrons. The van der Waals surface area contributed by atoms with Crippen molar-refractivity contribution in [2.24, 2.45) is 5.41 Å².